The van der Waals surface area contributed by atoms with Gasteiger partial charge in [-0.2, -0.15) is 5.10 Å². The predicted octanol–water partition coefficient (Wildman–Crippen LogP) is 3.68. The summed E-state index contributed by atoms with van der Waals surface area (Å²) >= 11 is 1.54. The van der Waals surface area contributed by atoms with E-state index in [4.69, 9.17) is 5.84 Å². The Balaban J connectivity index is 2.03. The van der Waals surface area contributed by atoms with Crippen molar-refractivity contribution in [2.45, 2.75) is 32.6 Å². The van der Waals surface area contributed by atoms with Gasteiger partial charge in [0, 0.05) is 5.38 Å². The van der Waals surface area contributed by atoms with E-state index in [2.05, 4.69) is 23.3 Å². The molecule has 2 aromatic rings. The Morgan fingerprint density at radius 1 is 1.25 bits per heavy atom. The molecule has 0 atom stereocenters. The molecule has 1 aliphatic carbocycles. The topological polar surface area (TPSA) is 58.6 Å². The molecule has 1 aromatic carbocycles. The predicted molar refractivity (Wildman–Crippen MR) is 84.5 cm³/mol. The lowest BCUT2D eigenvalue weighted by atomic mass is 9.90. The Hall–Kier alpha value is -1.81. The second kappa shape index (κ2) is 5.29. The van der Waals surface area contributed by atoms with E-state index >= 15 is 0 Å². The average molecular weight is 286 g/mol. The molecule has 1 aromatic heterocycles. The molecule has 1 aliphatic rings. The van der Waals surface area contributed by atoms with Gasteiger partial charge in [-0.3, -0.25) is 0 Å². The van der Waals surface area contributed by atoms with Gasteiger partial charge in [-0.25, -0.2) is 0 Å². The van der Waals surface area contributed by atoms with E-state index in [1.54, 1.807) is 6.92 Å². The summed E-state index contributed by atoms with van der Waals surface area (Å²) in [6.45, 7) is 1.80. The highest BCUT2D eigenvalue weighted by atomic mass is 32.1. The van der Waals surface area contributed by atoms with Crippen molar-refractivity contribution in [3.8, 4) is 16.2 Å². The maximum Gasteiger partial charge on any atom is 0.143 e. The molecule has 0 bridgehead atoms. The Morgan fingerprint density at radius 3 is 2.75 bits per heavy atom. The van der Waals surface area contributed by atoms with Crippen molar-refractivity contribution in [3.05, 3.63) is 40.3 Å². The van der Waals surface area contributed by atoms with E-state index in [0.717, 1.165) is 22.4 Å². The molecule has 104 valence electrons. The van der Waals surface area contributed by atoms with Crippen LogP contribution in [-0.2, 0) is 12.8 Å². The van der Waals surface area contributed by atoms with Crippen molar-refractivity contribution in [2.24, 2.45) is 10.9 Å². The minimum Gasteiger partial charge on any atom is -0.506 e. The number of nitrogens with zero attached hydrogens (tertiary/aromatic N) is 1. The second-order valence-electron chi connectivity index (χ2n) is 5.23. The van der Waals surface area contributed by atoms with Crippen LogP contribution in [0, 0.1) is 0 Å². The van der Waals surface area contributed by atoms with Gasteiger partial charge in [0.05, 0.1) is 16.2 Å². The van der Waals surface area contributed by atoms with Crippen LogP contribution in [0.4, 0.5) is 0 Å². The first-order valence-corrected chi connectivity index (χ1v) is 7.76. The van der Waals surface area contributed by atoms with Crippen LogP contribution in [0.3, 0.4) is 0 Å². The number of benzene rings is 1. The van der Waals surface area contributed by atoms with Gasteiger partial charge in [0.2, 0.25) is 0 Å². The molecule has 0 aliphatic heterocycles. The molecule has 0 saturated heterocycles. The zero-order chi connectivity index (χ0) is 14.1. The quantitative estimate of drug-likeness (QED) is 0.502. The lowest BCUT2D eigenvalue weighted by molar-refractivity contribution is 0.478. The number of aryl methyl sites for hydroxylation is 2. The van der Waals surface area contributed by atoms with Gasteiger partial charge < -0.3 is 10.9 Å². The molecular weight excluding hydrogens is 268 g/mol. The molecule has 0 spiro atoms. The van der Waals surface area contributed by atoms with Crippen molar-refractivity contribution >= 4 is 17.0 Å². The smallest absolute Gasteiger partial charge is 0.143 e. The molecule has 3 rings (SSSR count). The molecule has 0 radical (unpaired) electrons. The lowest BCUT2D eigenvalue weighted by Crippen LogP contribution is -2.02. The molecule has 1 heterocycles. The number of hydrazone groups is 1. The summed E-state index contributed by atoms with van der Waals surface area (Å²) in [5.41, 5.74) is 5.35. The van der Waals surface area contributed by atoms with Gasteiger partial charge in [0.1, 0.15) is 5.75 Å². The number of fused-ring (bicyclic) bond motifs is 1. The standard InChI is InChI=1S/C16H18N2OS/c1-10(18-17)14-9-20-16(15(14)19)13-7-6-11-4-2-3-5-12(11)8-13/h6-9,19H,2-5,17H2,1H3/b18-10+. The maximum absolute atomic E-state index is 10.4. The fourth-order valence-electron chi connectivity index (χ4n) is 2.76. The van der Waals surface area contributed by atoms with E-state index in [-0.39, 0.29) is 5.75 Å². The molecule has 3 N–H and O–H groups in total. The Kier molecular flexibility index (Phi) is 3.49. The van der Waals surface area contributed by atoms with Crippen LogP contribution in [0.15, 0.2) is 28.7 Å². The van der Waals surface area contributed by atoms with E-state index in [0.29, 0.717) is 5.71 Å². The van der Waals surface area contributed by atoms with Crippen molar-refractivity contribution in [1.82, 2.24) is 0 Å². The van der Waals surface area contributed by atoms with Gasteiger partial charge in [0.25, 0.3) is 0 Å². The van der Waals surface area contributed by atoms with Gasteiger partial charge in [-0.15, -0.1) is 11.3 Å². The summed E-state index contributed by atoms with van der Waals surface area (Å²) in [7, 11) is 0. The third kappa shape index (κ3) is 2.20. The zero-order valence-electron chi connectivity index (χ0n) is 11.5. The van der Waals surface area contributed by atoms with Gasteiger partial charge >= 0.3 is 0 Å². The van der Waals surface area contributed by atoms with Crippen LogP contribution in [-0.4, -0.2) is 10.8 Å². The largest absolute Gasteiger partial charge is 0.506 e. The number of hydrogen-bond acceptors (Lipinski definition) is 4. The molecule has 0 fully saturated rings. The van der Waals surface area contributed by atoms with Gasteiger partial charge in [-0.05, 0) is 55.4 Å². The van der Waals surface area contributed by atoms with E-state index < -0.39 is 0 Å². The van der Waals surface area contributed by atoms with Crippen LogP contribution in [0.5, 0.6) is 5.75 Å². The lowest BCUT2D eigenvalue weighted by Gasteiger charge is -2.16. The summed E-state index contributed by atoms with van der Waals surface area (Å²) in [5.74, 6) is 5.58. The first kappa shape index (κ1) is 13.2. The highest BCUT2D eigenvalue weighted by molar-refractivity contribution is 7.14. The SMILES string of the molecule is C/C(=N\N)c1csc(-c2ccc3c(c2)CCCC3)c1O. The van der Waals surface area contributed by atoms with Crippen LogP contribution in [0.25, 0.3) is 10.4 Å². The maximum atomic E-state index is 10.4. The van der Waals surface area contributed by atoms with E-state index in [1.165, 1.54) is 41.7 Å². The van der Waals surface area contributed by atoms with Crippen molar-refractivity contribution < 1.29 is 5.11 Å². The monoisotopic (exact) mass is 286 g/mol. The summed E-state index contributed by atoms with van der Waals surface area (Å²) in [5, 5.41) is 15.9. The average Bonchev–Trinajstić information content (AvgIpc) is 2.87. The Bertz CT molecular complexity index is 673. The highest BCUT2D eigenvalue weighted by Crippen LogP contribution is 2.39. The molecule has 20 heavy (non-hydrogen) atoms. The fourth-order valence-corrected chi connectivity index (χ4v) is 3.76. The van der Waals surface area contributed by atoms with Crippen molar-refractivity contribution in [1.29, 1.82) is 0 Å². The molecule has 0 amide bonds. The van der Waals surface area contributed by atoms with E-state index in [1.807, 2.05) is 5.38 Å². The molecule has 0 unspecified atom stereocenters. The normalized spacial score (nSPS) is 15.2. The number of aromatic hydroxyl groups is 1. The van der Waals surface area contributed by atoms with Crippen molar-refractivity contribution in [3.63, 3.8) is 0 Å². The Labute approximate surface area is 122 Å². The summed E-state index contributed by atoms with van der Waals surface area (Å²) < 4.78 is 0. The van der Waals surface area contributed by atoms with Gasteiger partial charge in [0.15, 0.2) is 0 Å². The third-order valence-electron chi connectivity index (χ3n) is 3.96. The molecule has 4 heteroatoms. The van der Waals surface area contributed by atoms with Gasteiger partial charge in [-0.1, -0.05) is 12.1 Å². The molecular formula is C16H18N2OS. The third-order valence-corrected chi connectivity index (χ3v) is 4.98. The van der Waals surface area contributed by atoms with Crippen LogP contribution in [0.1, 0.15) is 36.5 Å². The minimum absolute atomic E-state index is 0.289. The number of hydrogen-bond donors (Lipinski definition) is 2. The Morgan fingerprint density at radius 2 is 2.00 bits per heavy atom. The van der Waals surface area contributed by atoms with E-state index in [9.17, 15) is 5.11 Å². The van der Waals surface area contributed by atoms with Crippen LogP contribution in [0.2, 0.25) is 0 Å². The highest BCUT2D eigenvalue weighted by Gasteiger charge is 2.16. The fraction of sp³-hybridized carbons (Fsp3) is 0.312. The second-order valence-corrected chi connectivity index (χ2v) is 6.11. The number of rotatable bonds is 2. The molecule has 3 nitrogen and oxygen atoms in total. The van der Waals surface area contributed by atoms with Crippen LogP contribution >= 0.6 is 11.3 Å². The number of nitrogens with two attached hydrogens (primary N) is 1. The zero-order valence-corrected chi connectivity index (χ0v) is 12.3. The van der Waals surface area contributed by atoms with Crippen molar-refractivity contribution in [2.75, 3.05) is 0 Å². The summed E-state index contributed by atoms with van der Waals surface area (Å²) in [6.07, 6.45) is 4.87. The minimum atomic E-state index is 0.289. The first-order valence-electron chi connectivity index (χ1n) is 6.88. The summed E-state index contributed by atoms with van der Waals surface area (Å²) in [4.78, 5) is 0.899. The number of thiophene rings is 1. The van der Waals surface area contributed by atoms with Crippen LogP contribution < -0.4 is 5.84 Å². The molecule has 0 saturated carbocycles. The first-order chi connectivity index (χ1) is 9.70. The summed E-state index contributed by atoms with van der Waals surface area (Å²) in [6, 6.07) is 6.53.